The van der Waals surface area contributed by atoms with Crippen molar-refractivity contribution in [3.63, 3.8) is 0 Å². The molecule has 100 valence electrons. The lowest BCUT2D eigenvalue weighted by molar-refractivity contribution is 0.223. The number of hydrogen-bond donors (Lipinski definition) is 1. The Morgan fingerprint density at radius 2 is 2.17 bits per heavy atom. The maximum absolute atomic E-state index is 9.21. The van der Waals surface area contributed by atoms with Gasteiger partial charge in [-0.2, -0.15) is 0 Å². The van der Waals surface area contributed by atoms with Crippen LogP contribution in [-0.2, 0) is 13.2 Å². The van der Waals surface area contributed by atoms with Gasteiger partial charge in [0.05, 0.1) is 13.7 Å². The molecule has 18 heavy (non-hydrogen) atoms. The molecule has 0 saturated heterocycles. The highest BCUT2D eigenvalue weighted by molar-refractivity contribution is 5.37. The average molecular weight is 249 g/mol. The summed E-state index contributed by atoms with van der Waals surface area (Å²) in [5.74, 6) is 1.77. The Kier molecular flexibility index (Phi) is 4.25. The Bertz CT molecular complexity index is 401. The summed E-state index contributed by atoms with van der Waals surface area (Å²) in [6, 6.07) is 6.51. The first-order chi connectivity index (χ1) is 8.65. The molecule has 1 N–H and O–H groups in total. The van der Waals surface area contributed by atoms with Gasteiger partial charge >= 0.3 is 0 Å². The average Bonchev–Trinajstić information content (AvgIpc) is 3.22. The minimum absolute atomic E-state index is 0.0822. The van der Waals surface area contributed by atoms with Crippen LogP contribution in [0.1, 0.15) is 30.9 Å². The van der Waals surface area contributed by atoms with Crippen molar-refractivity contribution in [3.05, 3.63) is 29.3 Å². The van der Waals surface area contributed by atoms with Crippen molar-refractivity contribution in [3.8, 4) is 5.75 Å². The van der Waals surface area contributed by atoms with Crippen LogP contribution in [0.15, 0.2) is 18.2 Å². The highest BCUT2D eigenvalue weighted by Crippen LogP contribution is 2.35. The molecular formula is C15H23NO2. The number of methoxy groups -OCH3 is 1. The molecule has 0 aromatic heterocycles. The molecule has 0 heterocycles. The second-order valence-electron chi connectivity index (χ2n) is 5.30. The maximum Gasteiger partial charge on any atom is 0.123 e. The normalized spacial score (nSPS) is 16.9. The topological polar surface area (TPSA) is 32.7 Å². The van der Waals surface area contributed by atoms with E-state index in [1.54, 1.807) is 7.11 Å². The zero-order valence-corrected chi connectivity index (χ0v) is 11.5. The van der Waals surface area contributed by atoms with Crippen LogP contribution in [0.4, 0.5) is 0 Å². The van der Waals surface area contributed by atoms with E-state index in [2.05, 4.69) is 18.9 Å². The van der Waals surface area contributed by atoms with E-state index in [9.17, 15) is 5.11 Å². The molecule has 3 nitrogen and oxygen atoms in total. The van der Waals surface area contributed by atoms with Crippen molar-refractivity contribution in [2.75, 3.05) is 14.2 Å². The van der Waals surface area contributed by atoms with Gasteiger partial charge in [-0.3, -0.25) is 4.90 Å². The Morgan fingerprint density at radius 3 is 2.72 bits per heavy atom. The zero-order chi connectivity index (χ0) is 13.1. The molecule has 1 atom stereocenters. The summed E-state index contributed by atoms with van der Waals surface area (Å²) in [7, 11) is 3.86. The SMILES string of the molecule is COc1ccc(CO)cc1CN(C)C(C)C1CC1. The van der Waals surface area contributed by atoms with Crippen LogP contribution >= 0.6 is 0 Å². The van der Waals surface area contributed by atoms with Gasteiger partial charge in [-0.05, 0) is 50.4 Å². The molecule has 1 aliphatic rings. The Hall–Kier alpha value is -1.06. The van der Waals surface area contributed by atoms with Crippen LogP contribution in [0.5, 0.6) is 5.75 Å². The molecule has 1 aliphatic carbocycles. The number of aliphatic hydroxyl groups excluding tert-OH is 1. The molecule has 1 saturated carbocycles. The van der Waals surface area contributed by atoms with Crippen LogP contribution in [0.3, 0.4) is 0 Å². The van der Waals surface area contributed by atoms with Crippen molar-refractivity contribution >= 4 is 0 Å². The van der Waals surface area contributed by atoms with Gasteiger partial charge in [0.15, 0.2) is 0 Å². The van der Waals surface area contributed by atoms with Gasteiger partial charge in [-0.25, -0.2) is 0 Å². The first-order valence-electron chi connectivity index (χ1n) is 6.62. The predicted molar refractivity (Wildman–Crippen MR) is 72.6 cm³/mol. The fourth-order valence-corrected chi connectivity index (χ4v) is 2.41. The Balaban J connectivity index is 2.10. The molecule has 0 bridgehead atoms. The second-order valence-corrected chi connectivity index (χ2v) is 5.30. The third-order valence-electron chi connectivity index (χ3n) is 3.95. The van der Waals surface area contributed by atoms with Crippen LogP contribution in [0, 0.1) is 5.92 Å². The first-order valence-corrected chi connectivity index (χ1v) is 6.62. The lowest BCUT2D eigenvalue weighted by Crippen LogP contribution is -2.30. The smallest absolute Gasteiger partial charge is 0.123 e. The van der Waals surface area contributed by atoms with E-state index >= 15 is 0 Å². The van der Waals surface area contributed by atoms with Crippen molar-refractivity contribution in [1.82, 2.24) is 4.90 Å². The van der Waals surface area contributed by atoms with Gasteiger partial charge in [0.2, 0.25) is 0 Å². The van der Waals surface area contributed by atoms with E-state index in [1.807, 2.05) is 18.2 Å². The van der Waals surface area contributed by atoms with Crippen molar-refractivity contribution in [2.24, 2.45) is 5.92 Å². The number of benzene rings is 1. The molecule has 3 heteroatoms. The number of aliphatic hydroxyl groups is 1. The van der Waals surface area contributed by atoms with E-state index in [0.29, 0.717) is 6.04 Å². The highest BCUT2D eigenvalue weighted by Gasteiger charge is 2.30. The lowest BCUT2D eigenvalue weighted by atomic mass is 10.1. The number of ether oxygens (including phenoxy) is 1. The molecule has 0 amide bonds. The standard InChI is InChI=1S/C15H23NO2/c1-11(13-5-6-13)16(2)9-14-8-12(10-17)4-7-15(14)18-3/h4,7-8,11,13,17H,5-6,9-10H2,1-3H3. The first kappa shape index (κ1) is 13.4. The molecule has 1 aromatic rings. The van der Waals surface area contributed by atoms with Gasteiger partial charge in [0.1, 0.15) is 5.75 Å². The van der Waals surface area contributed by atoms with Crippen molar-refractivity contribution in [2.45, 2.75) is 39.0 Å². The van der Waals surface area contributed by atoms with E-state index < -0.39 is 0 Å². The van der Waals surface area contributed by atoms with E-state index in [4.69, 9.17) is 4.74 Å². The summed E-state index contributed by atoms with van der Waals surface area (Å²) >= 11 is 0. The van der Waals surface area contributed by atoms with Crippen molar-refractivity contribution in [1.29, 1.82) is 0 Å². The number of nitrogens with zero attached hydrogens (tertiary/aromatic N) is 1. The molecule has 0 spiro atoms. The molecule has 0 aliphatic heterocycles. The summed E-state index contributed by atoms with van der Waals surface area (Å²) in [5, 5.41) is 9.21. The number of rotatable bonds is 6. The van der Waals surface area contributed by atoms with E-state index in [0.717, 1.165) is 29.3 Å². The van der Waals surface area contributed by atoms with E-state index in [1.165, 1.54) is 12.8 Å². The summed E-state index contributed by atoms with van der Waals surface area (Å²) in [6.07, 6.45) is 2.72. The Morgan fingerprint density at radius 1 is 1.44 bits per heavy atom. The number of hydrogen-bond acceptors (Lipinski definition) is 3. The summed E-state index contributed by atoms with van der Waals surface area (Å²) < 4.78 is 5.39. The largest absolute Gasteiger partial charge is 0.496 e. The molecule has 1 fully saturated rings. The van der Waals surface area contributed by atoms with Crippen LogP contribution in [-0.4, -0.2) is 30.2 Å². The van der Waals surface area contributed by atoms with E-state index in [-0.39, 0.29) is 6.61 Å². The Labute approximate surface area is 109 Å². The second kappa shape index (κ2) is 5.72. The maximum atomic E-state index is 9.21. The molecular weight excluding hydrogens is 226 g/mol. The minimum atomic E-state index is 0.0822. The molecule has 1 unspecified atom stereocenters. The van der Waals surface area contributed by atoms with Crippen LogP contribution < -0.4 is 4.74 Å². The van der Waals surface area contributed by atoms with Gasteiger partial charge in [0.25, 0.3) is 0 Å². The van der Waals surface area contributed by atoms with Gasteiger partial charge in [0, 0.05) is 18.2 Å². The zero-order valence-electron chi connectivity index (χ0n) is 11.5. The fourth-order valence-electron chi connectivity index (χ4n) is 2.41. The fraction of sp³-hybridized carbons (Fsp3) is 0.600. The third-order valence-corrected chi connectivity index (χ3v) is 3.95. The van der Waals surface area contributed by atoms with Crippen molar-refractivity contribution < 1.29 is 9.84 Å². The monoisotopic (exact) mass is 249 g/mol. The highest BCUT2D eigenvalue weighted by atomic mass is 16.5. The summed E-state index contributed by atoms with van der Waals surface area (Å²) in [5.41, 5.74) is 2.09. The van der Waals surface area contributed by atoms with Gasteiger partial charge in [-0.1, -0.05) is 6.07 Å². The quantitative estimate of drug-likeness (QED) is 0.840. The molecule has 0 radical (unpaired) electrons. The molecule has 2 rings (SSSR count). The van der Waals surface area contributed by atoms with Crippen LogP contribution in [0.2, 0.25) is 0 Å². The van der Waals surface area contributed by atoms with Crippen LogP contribution in [0.25, 0.3) is 0 Å². The third kappa shape index (κ3) is 3.03. The minimum Gasteiger partial charge on any atom is -0.496 e. The predicted octanol–water partition coefficient (Wildman–Crippen LogP) is 2.42. The van der Waals surface area contributed by atoms with Gasteiger partial charge in [-0.15, -0.1) is 0 Å². The molecule has 1 aromatic carbocycles. The lowest BCUT2D eigenvalue weighted by Gasteiger charge is -2.25. The summed E-state index contributed by atoms with van der Waals surface area (Å²) in [6.45, 7) is 3.24. The van der Waals surface area contributed by atoms with Gasteiger partial charge < -0.3 is 9.84 Å². The summed E-state index contributed by atoms with van der Waals surface area (Å²) in [4.78, 5) is 2.37.